The molecule has 5 heterocycles. The van der Waals surface area contributed by atoms with Crippen LogP contribution in [-0.2, 0) is 36.6 Å². The highest BCUT2D eigenvalue weighted by molar-refractivity contribution is 7.90. The molecule has 9 aromatic carbocycles. The van der Waals surface area contributed by atoms with Crippen LogP contribution in [0, 0.1) is 5.92 Å². The SMILES string of the molecule is CC(C)C1=CCc2ccccc21.CC(C)c1ccc2ccccc2n1.CC(C)c1cn(C)c2ccccc12.CC(C)c1cn(Cc2ccccc2)c2ccccc12.CC(C)c1cn(S(=O)(=O)c2ccccc2)c2ccccc12.CCn1c2ccccc2c2ccc(C(C)C)cc21. The Labute approximate surface area is 571 Å². The molecule has 0 N–H and O–H groups in total. The fourth-order valence-corrected chi connectivity index (χ4v) is 14.4. The van der Waals surface area contributed by atoms with Gasteiger partial charge in [-0.25, -0.2) is 12.4 Å². The van der Waals surface area contributed by atoms with Gasteiger partial charge in [-0.1, -0.05) is 271 Å². The van der Waals surface area contributed by atoms with E-state index in [1.807, 2.05) is 42.5 Å². The topological polar surface area (TPSA) is 66.8 Å². The molecular weight excluding hydrogens is 1190 g/mol. The highest BCUT2D eigenvalue weighted by atomic mass is 32.2. The van der Waals surface area contributed by atoms with Gasteiger partial charge in [0, 0.05) is 98.8 Å². The average Bonchev–Trinajstić information content (AvgIpc) is 1.61. The standard InChI is InChI=1S/C18H19N.C17H17NO2S.C17H19N.C12H15N.C12H13N.C12H14/c1-14(2)17-13-19(12-15-8-4-3-5-9-15)18-11-7-6-10-16(17)18;1-13(2)16-12-18(17-11-7-6-10-15(16)17)21(19,20)14-8-4-3-5-9-14;1-4-18-16-8-6-5-7-14(16)15-10-9-13(12(2)3)11-17(15)18;1-9(2)11-8-13(3)12-7-5-4-6-10(11)12;1-9(2)11-8-7-10-5-3-4-6-12(10)13-11;1-9(2)11-8-7-10-5-3-4-6-12(10)11/h3-11,13-14H,12H2,1-2H3;3-13H,1-2H3;5-12H,4H2,1-3H3;4-9H,1-3H3;3-9H,1-2H3;3-6,8-9H,7H2,1-2H3. The third kappa shape index (κ3) is 15.7. The van der Waals surface area contributed by atoms with Crippen molar-refractivity contribution in [3.8, 4) is 0 Å². The number of nitrogens with zero attached hydrogens (tertiary/aromatic N) is 5. The van der Waals surface area contributed by atoms with E-state index in [0.29, 0.717) is 34.5 Å². The van der Waals surface area contributed by atoms with Crippen molar-refractivity contribution in [2.24, 2.45) is 13.0 Å². The number of fused-ring (bicyclic) bond motifs is 8. The van der Waals surface area contributed by atoms with Crippen LogP contribution in [0.4, 0.5) is 0 Å². The van der Waals surface area contributed by atoms with Gasteiger partial charge in [-0.2, -0.15) is 0 Å². The molecule has 15 rings (SSSR count). The second kappa shape index (κ2) is 31.4. The largest absolute Gasteiger partial charge is 0.350 e. The minimum absolute atomic E-state index is 0.266. The lowest BCUT2D eigenvalue weighted by Crippen LogP contribution is -2.11. The van der Waals surface area contributed by atoms with Crippen LogP contribution in [0.5, 0.6) is 0 Å². The molecule has 0 saturated heterocycles. The number of allylic oxidation sites excluding steroid dienone is 2. The number of hydrogen-bond acceptors (Lipinski definition) is 3. The molecule has 0 radical (unpaired) electrons. The summed E-state index contributed by atoms with van der Waals surface area (Å²) in [6.45, 7) is 30.7. The summed E-state index contributed by atoms with van der Waals surface area (Å²) < 4.78 is 34.1. The fourth-order valence-electron chi connectivity index (χ4n) is 13.0. The van der Waals surface area contributed by atoms with E-state index < -0.39 is 10.0 Å². The molecule has 492 valence electrons. The molecule has 0 aliphatic heterocycles. The number of aromatic nitrogens is 5. The van der Waals surface area contributed by atoms with Crippen LogP contribution in [0.1, 0.15) is 164 Å². The Bertz CT molecular complexity index is 5030. The van der Waals surface area contributed by atoms with Gasteiger partial charge in [0.15, 0.2) is 0 Å². The van der Waals surface area contributed by atoms with Gasteiger partial charge < -0.3 is 13.7 Å². The van der Waals surface area contributed by atoms with Crippen LogP contribution in [0.3, 0.4) is 0 Å². The zero-order chi connectivity index (χ0) is 68.2. The van der Waals surface area contributed by atoms with Crippen molar-refractivity contribution in [1.29, 1.82) is 0 Å². The van der Waals surface area contributed by atoms with Crippen molar-refractivity contribution in [2.45, 2.75) is 144 Å². The van der Waals surface area contributed by atoms with Gasteiger partial charge in [0.25, 0.3) is 10.0 Å². The molecule has 0 atom stereocenters. The Hall–Kier alpha value is -9.50. The van der Waals surface area contributed by atoms with Crippen molar-refractivity contribution >= 4 is 81.0 Å². The van der Waals surface area contributed by atoms with E-state index >= 15 is 0 Å². The van der Waals surface area contributed by atoms with Crippen molar-refractivity contribution in [1.82, 2.24) is 22.7 Å². The molecule has 8 heteroatoms. The van der Waals surface area contributed by atoms with Gasteiger partial charge in [0.05, 0.1) is 15.9 Å². The molecule has 0 bridgehead atoms. The van der Waals surface area contributed by atoms with Crippen LogP contribution in [-0.4, -0.2) is 31.1 Å². The molecule has 0 fully saturated rings. The zero-order valence-corrected chi connectivity index (χ0v) is 59.7. The first-order chi connectivity index (χ1) is 46.2. The summed E-state index contributed by atoms with van der Waals surface area (Å²) >= 11 is 0. The molecular formula is C88H97N5O2S. The average molecular weight is 1290 g/mol. The molecule has 1 aliphatic rings. The quantitative estimate of drug-likeness (QED) is 0.130. The maximum atomic E-state index is 12.8. The maximum Gasteiger partial charge on any atom is 0.268 e. The summed E-state index contributed by atoms with van der Waals surface area (Å²) in [6, 6.07) is 80.8. The molecule has 7 nitrogen and oxygen atoms in total. The number of hydrogen-bond donors (Lipinski definition) is 0. The van der Waals surface area contributed by atoms with Crippen LogP contribution in [0.2, 0.25) is 0 Å². The minimum atomic E-state index is -3.56. The normalized spacial score (nSPS) is 12.0. The summed E-state index contributed by atoms with van der Waals surface area (Å²) in [6.07, 6.45) is 9.77. The molecule has 1 aliphatic carbocycles. The molecule has 96 heavy (non-hydrogen) atoms. The van der Waals surface area contributed by atoms with Crippen LogP contribution >= 0.6 is 0 Å². The molecule has 0 amide bonds. The number of aryl methyl sites for hydroxylation is 2. The Morgan fingerprint density at radius 2 is 0.938 bits per heavy atom. The van der Waals surface area contributed by atoms with E-state index in [0.717, 1.165) is 41.5 Å². The fraction of sp³-hybridized carbons (Fsp3) is 0.261. The highest BCUT2D eigenvalue weighted by Crippen LogP contribution is 2.35. The zero-order valence-electron chi connectivity index (χ0n) is 58.9. The molecule has 14 aromatic rings. The Balaban J connectivity index is 0.000000127. The summed E-state index contributed by atoms with van der Waals surface area (Å²) in [5, 5.41) is 7.72. The first-order valence-electron chi connectivity index (χ1n) is 34.5. The minimum Gasteiger partial charge on any atom is -0.350 e. The second-order valence-electron chi connectivity index (χ2n) is 27.1. The lowest BCUT2D eigenvalue weighted by Gasteiger charge is -2.08. The summed E-state index contributed by atoms with van der Waals surface area (Å²) in [5.41, 5.74) is 19.5. The van der Waals surface area contributed by atoms with E-state index in [4.69, 9.17) is 0 Å². The van der Waals surface area contributed by atoms with Crippen LogP contribution < -0.4 is 0 Å². The van der Waals surface area contributed by atoms with Gasteiger partial charge in [0.2, 0.25) is 0 Å². The first-order valence-corrected chi connectivity index (χ1v) is 35.9. The molecule has 0 unspecified atom stereocenters. The number of rotatable bonds is 11. The van der Waals surface area contributed by atoms with E-state index in [1.54, 1.807) is 30.5 Å². The predicted molar refractivity (Wildman–Crippen MR) is 412 cm³/mol. The Morgan fingerprint density at radius 1 is 0.427 bits per heavy atom. The second-order valence-corrected chi connectivity index (χ2v) is 28.9. The summed E-state index contributed by atoms with van der Waals surface area (Å²) in [5.74, 6) is 3.17. The Morgan fingerprint density at radius 3 is 1.56 bits per heavy atom. The smallest absolute Gasteiger partial charge is 0.268 e. The molecule has 5 aromatic heterocycles. The van der Waals surface area contributed by atoms with Crippen molar-refractivity contribution in [3.05, 3.63) is 306 Å². The molecule has 0 spiro atoms. The lowest BCUT2D eigenvalue weighted by molar-refractivity contribution is 0.589. The van der Waals surface area contributed by atoms with Crippen LogP contribution in [0.15, 0.2) is 266 Å². The number of benzene rings is 9. The van der Waals surface area contributed by atoms with E-state index in [1.165, 1.54) is 97.6 Å². The monoisotopic (exact) mass is 1290 g/mol. The van der Waals surface area contributed by atoms with Crippen molar-refractivity contribution < 1.29 is 8.42 Å². The van der Waals surface area contributed by atoms with Gasteiger partial charge >= 0.3 is 0 Å². The van der Waals surface area contributed by atoms with Gasteiger partial charge in [0.1, 0.15) is 0 Å². The van der Waals surface area contributed by atoms with Crippen LogP contribution in [0.25, 0.3) is 71.0 Å². The van der Waals surface area contributed by atoms with E-state index in [-0.39, 0.29) is 5.92 Å². The van der Waals surface area contributed by atoms with E-state index in [2.05, 4.69) is 304 Å². The Kier molecular flexibility index (Phi) is 22.7. The van der Waals surface area contributed by atoms with Gasteiger partial charge in [-0.05, 0) is 148 Å². The molecule has 0 saturated carbocycles. The number of pyridine rings is 1. The lowest BCUT2D eigenvalue weighted by atomic mass is 9.97. The first kappa shape index (κ1) is 69.3. The van der Waals surface area contributed by atoms with Crippen molar-refractivity contribution in [3.63, 3.8) is 0 Å². The summed E-state index contributed by atoms with van der Waals surface area (Å²) in [4.78, 5) is 4.88. The van der Waals surface area contributed by atoms with Gasteiger partial charge in [-0.15, -0.1) is 0 Å². The maximum absolute atomic E-state index is 12.8. The third-order valence-electron chi connectivity index (χ3n) is 18.3. The van der Waals surface area contributed by atoms with Gasteiger partial charge in [-0.3, -0.25) is 4.98 Å². The van der Waals surface area contributed by atoms with Crippen molar-refractivity contribution in [2.75, 3.05) is 0 Å². The summed E-state index contributed by atoms with van der Waals surface area (Å²) in [7, 11) is -1.46. The highest BCUT2D eigenvalue weighted by Gasteiger charge is 2.22. The number of para-hydroxylation sites is 5. The third-order valence-corrected chi connectivity index (χ3v) is 20.0. The predicted octanol–water partition coefficient (Wildman–Crippen LogP) is 23.7. The van der Waals surface area contributed by atoms with E-state index in [9.17, 15) is 8.42 Å².